The van der Waals surface area contributed by atoms with Crippen LogP contribution in [0, 0.1) is 10.8 Å². The van der Waals surface area contributed by atoms with Gasteiger partial charge < -0.3 is 9.80 Å². The number of piperidine rings is 2. The third-order valence-corrected chi connectivity index (χ3v) is 5.41. The molecule has 2 nitrogen and oxygen atoms in total. The molecule has 3 fully saturated rings. The second-order valence-corrected chi connectivity index (χ2v) is 7.94. The molecular formula is C17H34N2. The van der Waals surface area contributed by atoms with E-state index in [1.54, 1.807) is 0 Å². The first-order chi connectivity index (χ1) is 8.95. The number of hydrogen-bond donors (Lipinski definition) is 0. The Balaban J connectivity index is 0.000000141. The number of hydrogen-bond acceptors (Lipinski definition) is 2. The van der Waals surface area contributed by atoms with Gasteiger partial charge in [0.05, 0.1) is 0 Å². The molecular weight excluding hydrogens is 232 g/mol. The van der Waals surface area contributed by atoms with Crippen molar-refractivity contribution in [3.8, 4) is 0 Å². The van der Waals surface area contributed by atoms with Crippen LogP contribution in [0.1, 0.15) is 59.3 Å². The monoisotopic (exact) mass is 266 g/mol. The molecule has 2 saturated heterocycles. The van der Waals surface area contributed by atoms with Crippen molar-refractivity contribution < 1.29 is 0 Å². The average molecular weight is 266 g/mol. The molecule has 0 aromatic heterocycles. The maximum atomic E-state index is 2.57. The highest BCUT2D eigenvalue weighted by Crippen LogP contribution is 2.53. The zero-order chi connectivity index (χ0) is 13.9. The minimum absolute atomic E-state index is 0.576. The smallest absolute Gasteiger partial charge is 0.00296 e. The van der Waals surface area contributed by atoms with Crippen LogP contribution in [0.4, 0.5) is 0 Å². The highest BCUT2D eigenvalue weighted by atomic mass is 15.1. The lowest BCUT2D eigenvalue weighted by Gasteiger charge is -2.35. The molecule has 2 heterocycles. The number of nitrogens with zero attached hydrogens (tertiary/aromatic N) is 2. The minimum atomic E-state index is 0.576. The summed E-state index contributed by atoms with van der Waals surface area (Å²) < 4.78 is 0. The predicted molar refractivity (Wildman–Crippen MR) is 83.5 cm³/mol. The Hall–Kier alpha value is -0.0800. The number of likely N-dealkylation sites (tertiary alicyclic amines) is 2. The van der Waals surface area contributed by atoms with E-state index in [0.717, 1.165) is 5.41 Å². The highest BCUT2D eigenvalue weighted by molar-refractivity contribution is 4.96. The predicted octanol–water partition coefficient (Wildman–Crippen LogP) is 3.62. The fraction of sp³-hybridized carbons (Fsp3) is 1.00. The molecule has 3 aliphatic rings. The van der Waals surface area contributed by atoms with Crippen LogP contribution in [-0.2, 0) is 0 Å². The molecule has 0 unspecified atom stereocenters. The quantitative estimate of drug-likeness (QED) is 0.715. The molecule has 0 N–H and O–H groups in total. The Bertz CT molecular complexity index is 271. The summed E-state index contributed by atoms with van der Waals surface area (Å²) >= 11 is 0. The lowest BCUT2D eigenvalue weighted by Crippen LogP contribution is -2.37. The fourth-order valence-corrected chi connectivity index (χ4v) is 3.74. The molecule has 0 bridgehead atoms. The van der Waals surface area contributed by atoms with E-state index in [9.17, 15) is 0 Å². The van der Waals surface area contributed by atoms with E-state index in [4.69, 9.17) is 0 Å². The maximum Gasteiger partial charge on any atom is 0.00296 e. The summed E-state index contributed by atoms with van der Waals surface area (Å²) in [6.45, 7) is 13.5. The van der Waals surface area contributed by atoms with Crippen molar-refractivity contribution >= 4 is 0 Å². The van der Waals surface area contributed by atoms with E-state index in [-0.39, 0.29) is 0 Å². The van der Waals surface area contributed by atoms with Crippen molar-refractivity contribution in [2.45, 2.75) is 59.3 Å². The van der Waals surface area contributed by atoms with Gasteiger partial charge in [0.15, 0.2) is 0 Å². The van der Waals surface area contributed by atoms with Crippen molar-refractivity contribution in [3.63, 3.8) is 0 Å². The van der Waals surface area contributed by atoms with Gasteiger partial charge in [-0.1, -0.05) is 20.8 Å². The van der Waals surface area contributed by atoms with Gasteiger partial charge in [0.1, 0.15) is 0 Å². The van der Waals surface area contributed by atoms with Crippen LogP contribution in [0.25, 0.3) is 0 Å². The maximum absolute atomic E-state index is 2.57. The molecule has 3 rings (SSSR count). The van der Waals surface area contributed by atoms with Crippen molar-refractivity contribution in [1.29, 1.82) is 0 Å². The molecule has 0 aromatic carbocycles. The van der Waals surface area contributed by atoms with Crippen molar-refractivity contribution in [2.24, 2.45) is 10.8 Å². The van der Waals surface area contributed by atoms with E-state index in [0.29, 0.717) is 5.41 Å². The third kappa shape index (κ3) is 4.75. The highest BCUT2D eigenvalue weighted by Gasteiger charge is 2.43. The fourth-order valence-electron chi connectivity index (χ4n) is 3.74. The van der Waals surface area contributed by atoms with Crippen molar-refractivity contribution in [3.05, 3.63) is 0 Å². The Morgan fingerprint density at radius 1 is 0.895 bits per heavy atom. The van der Waals surface area contributed by atoms with Gasteiger partial charge in [-0.3, -0.25) is 0 Å². The van der Waals surface area contributed by atoms with Crippen LogP contribution < -0.4 is 0 Å². The Labute approximate surface area is 120 Å². The molecule has 2 heteroatoms. The van der Waals surface area contributed by atoms with E-state index in [2.05, 4.69) is 37.6 Å². The van der Waals surface area contributed by atoms with Gasteiger partial charge in [-0.25, -0.2) is 0 Å². The van der Waals surface area contributed by atoms with Crippen LogP contribution in [0.5, 0.6) is 0 Å². The van der Waals surface area contributed by atoms with E-state index in [1.165, 1.54) is 71.2 Å². The van der Waals surface area contributed by atoms with Gasteiger partial charge in [-0.15, -0.1) is 0 Å². The molecule has 19 heavy (non-hydrogen) atoms. The van der Waals surface area contributed by atoms with Crippen molar-refractivity contribution in [2.75, 3.05) is 39.8 Å². The standard InChI is InChI=1S/C9H17N.C8H17N/c1-2-10-7-5-9(3-4-9)6-8-10;1-8(2)5-4-6-9(3)7-8/h2-8H2,1H3;4-7H2,1-3H3. The largest absolute Gasteiger partial charge is 0.306 e. The summed E-state index contributed by atoms with van der Waals surface area (Å²) in [5.74, 6) is 0. The summed E-state index contributed by atoms with van der Waals surface area (Å²) in [6.07, 6.45) is 8.82. The molecule has 2 aliphatic heterocycles. The summed E-state index contributed by atoms with van der Waals surface area (Å²) in [7, 11) is 2.21. The second kappa shape index (κ2) is 6.13. The summed E-state index contributed by atoms with van der Waals surface area (Å²) in [6, 6.07) is 0. The Morgan fingerprint density at radius 3 is 1.89 bits per heavy atom. The van der Waals surface area contributed by atoms with Gasteiger partial charge in [0.25, 0.3) is 0 Å². The zero-order valence-corrected chi connectivity index (χ0v) is 13.7. The van der Waals surface area contributed by atoms with Crippen LogP contribution in [-0.4, -0.2) is 49.6 Å². The third-order valence-electron chi connectivity index (χ3n) is 5.41. The molecule has 0 radical (unpaired) electrons. The zero-order valence-electron chi connectivity index (χ0n) is 13.7. The summed E-state index contributed by atoms with van der Waals surface area (Å²) in [5, 5.41) is 0. The SMILES string of the molecule is CCN1CCC2(CC1)CC2.CN1CCCC(C)(C)C1. The van der Waals surface area contributed by atoms with Crippen LogP contribution in [0.15, 0.2) is 0 Å². The first kappa shape index (κ1) is 15.3. The normalized spacial score (nSPS) is 29.7. The van der Waals surface area contributed by atoms with Gasteiger partial charge >= 0.3 is 0 Å². The molecule has 1 saturated carbocycles. The summed E-state index contributed by atoms with van der Waals surface area (Å²) in [5.41, 5.74) is 1.44. The lowest BCUT2D eigenvalue weighted by atomic mass is 9.84. The lowest BCUT2D eigenvalue weighted by molar-refractivity contribution is 0.143. The van der Waals surface area contributed by atoms with E-state index in [1.807, 2.05) is 0 Å². The van der Waals surface area contributed by atoms with Crippen molar-refractivity contribution in [1.82, 2.24) is 9.80 Å². The molecule has 1 aliphatic carbocycles. The van der Waals surface area contributed by atoms with Crippen LogP contribution in [0.3, 0.4) is 0 Å². The first-order valence-corrected chi connectivity index (χ1v) is 8.36. The van der Waals surface area contributed by atoms with E-state index < -0.39 is 0 Å². The molecule has 0 aromatic rings. The Kier molecular flexibility index (Phi) is 4.94. The molecule has 0 atom stereocenters. The first-order valence-electron chi connectivity index (χ1n) is 8.36. The average Bonchev–Trinajstić information content (AvgIpc) is 3.09. The minimum Gasteiger partial charge on any atom is -0.306 e. The summed E-state index contributed by atoms with van der Waals surface area (Å²) in [4.78, 5) is 4.99. The van der Waals surface area contributed by atoms with Gasteiger partial charge in [0.2, 0.25) is 0 Å². The van der Waals surface area contributed by atoms with Gasteiger partial charge in [0, 0.05) is 6.54 Å². The molecule has 1 spiro atoms. The topological polar surface area (TPSA) is 6.48 Å². The van der Waals surface area contributed by atoms with Crippen LogP contribution in [0.2, 0.25) is 0 Å². The molecule has 112 valence electrons. The van der Waals surface area contributed by atoms with Crippen LogP contribution >= 0.6 is 0 Å². The van der Waals surface area contributed by atoms with Gasteiger partial charge in [-0.05, 0) is 82.6 Å². The Morgan fingerprint density at radius 2 is 1.53 bits per heavy atom. The van der Waals surface area contributed by atoms with E-state index >= 15 is 0 Å². The molecule has 0 amide bonds. The second-order valence-electron chi connectivity index (χ2n) is 7.94. The number of rotatable bonds is 1. The van der Waals surface area contributed by atoms with Gasteiger partial charge in [-0.2, -0.15) is 0 Å².